The van der Waals surface area contributed by atoms with Gasteiger partial charge in [0.15, 0.2) is 0 Å². The van der Waals surface area contributed by atoms with Crippen molar-refractivity contribution in [3.05, 3.63) is 52.4 Å². The number of fused-ring (bicyclic) bond motifs is 1. The topological polar surface area (TPSA) is 15.8 Å². The summed E-state index contributed by atoms with van der Waals surface area (Å²) in [5.74, 6) is 0. The van der Waals surface area contributed by atoms with Gasteiger partial charge >= 0.3 is 135 Å². The number of hydrogen-bond acceptors (Lipinski definition) is 0. The molecule has 1 aromatic carbocycles. The third-order valence-electron chi connectivity index (χ3n) is 7.74. The molecule has 5 heteroatoms. The fourth-order valence-corrected chi connectivity index (χ4v) is 17.0. The summed E-state index contributed by atoms with van der Waals surface area (Å²) >= 11 is 0. The summed E-state index contributed by atoms with van der Waals surface area (Å²) in [5, 5.41) is 21.8. The van der Waals surface area contributed by atoms with Crippen molar-refractivity contribution in [2.75, 3.05) is 0 Å². The van der Waals surface area contributed by atoms with Gasteiger partial charge in [0.25, 0.3) is 0 Å². The van der Waals surface area contributed by atoms with Gasteiger partial charge in [0, 0.05) is 0 Å². The molecule has 0 saturated heterocycles. The Hall–Kier alpha value is -0.249. The number of allylic oxidation sites excluding steroid dienone is 4. The molecule has 1 heterocycles. The molecule has 0 radical (unpaired) electrons. The van der Waals surface area contributed by atoms with Crippen LogP contribution in [0, 0.1) is 0 Å². The Bertz CT molecular complexity index is 1290. The van der Waals surface area contributed by atoms with Crippen LogP contribution in [-0.4, -0.2) is 12.6 Å². The SMILES string of the molecule is Cl.Cl.[CH3][Ti]([CH3])([CH3])([CH3])([CH3])([CH3])([CH3])([CH3])(=[SiH2])([C]1=CC=CC1)[c]1cc2ccccc2[nH]1. The Morgan fingerprint density at radius 3 is 1.88 bits per heavy atom. The second-order valence-electron chi connectivity index (χ2n) is 24.9. The number of rotatable bonds is 2. The first-order chi connectivity index (χ1) is 9.66. The molecule has 0 spiro atoms. The van der Waals surface area contributed by atoms with Crippen molar-refractivity contribution < 1.29 is 6.35 Å². The Morgan fingerprint density at radius 1 is 0.885 bits per heavy atom. The van der Waals surface area contributed by atoms with Gasteiger partial charge in [-0.25, -0.2) is 0 Å². The standard InChI is InChI=1S/C8H6N.C5H5.8CH3.2ClH.H2Si.Ti/c1-2-4-8-7(3-1)5-6-9-8;1-2-4-5-3-1;;;;;;;;;;;;/h1-5,9H;1-3H,4H2;8*1H3;2*1H;1H2;. The predicted molar refractivity (Wildman–Crippen MR) is 130 cm³/mol. The first kappa shape index (κ1) is 23.8. The van der Waals surface area contributed by atoms with E-state index >= 15 is 0 Å². The fourth-order valence-electron chi connectivity index (χ4n) is 4.64. The number of para-hydroxylation sites is 1. The van der Waals surface area contributed by atoms with E-state index in [1.807, 2.05) is 0 Å². The average Bonchev–Trinajstić information content (AvgIpc) is 2.96. The van der Waals surface area contributed by atoms with Gasteiger partial charge in [-0.05, 0) is 0 Å². The van der Waals surface area contributed by atoms with Gasteiger partial charge in [-0.1, -0.05) is 0 Å². The van der Waals surface area contributed by atoms with Crippen LogP contribution in [0.4, 0.5) is 0 Å². The number of benzene rings is 1. The van der Waals surface area contributed by atoms with Gasteiger partial charge in [0.05, 0.1) is 0 Å². The van der Waals surface area contributed by atoms with E-state index in [9.17, 15) is 0 Å². The van der Waals surface area contributed by atoms with Crippen LogP contribution in [0.2, 0.25) is 41.8 Å². The monoisotopic (exact) mass is 451 g/mol. The van der Waals surface area contributed by atoms with E-state index in [2.05, 4.69) is 103 Å². The molecule has 3 rings (SSSR count). The number of hydrogen-bond donors (Lipinski definition) is 1. The van der Waals surface area contributed by atoms with Crippen LogP contribution in [0.25, 0.3) is 10.9 Å². The Balaban J connectivity index is 0.00000169. The van der Waals surface area contributed by atoms with Crippen LogP contribution in [0.5, 0.6) is 0 Å². The predicted octanol–water partition coefficient (Wildman–Crippen LogP) is 7.32. The summed E-state index contributed by atoms with van der Waals surface area (Å²) in [5.41, 5.74) is 1.20. The van der Waals surface area contributed by atoms with Crippen LogP contribution in [-0.2, 0) is 6.35 Å². The number of nitrogens with one attached hydrogen (secondary N) is 1. The summed E-state index contributed by atoms with van der Waals surface area (Å²) in [6, 6.07) is 11.0. The molecule has 1 aliphatic carbocycles. The molecule has 26 heavy (non-hydrogen) atoms. The second kappa shape index (κ2) is 2.37. The zero-order valence-electron chi connectivity index (χ0n) is 17.8. The molecule has 1 N–H and O–H groups in total. The van der Waals surface area contributed by atoms with Gasteiger partial charge in [0.1, 0.15) is 0 Å². The molecule has 0 amide bonds. The normalized spacial score (nSPS) is 27.7. The maximum absolute atomic E-state index is 6.09. The minimum absolute atomic E-state index is 0. The van der Waals surface area contributed by atoms with Crippen molar-refractivity contribution in [1.29, 1.82) is 0 Å². The number of halogens is 2. The molecular formula is C21H39Cl2NSiTi. The van der Waals surface area contributed by atoms with E-state index in [-0.39, 0.29) is 24.8 Å². The van der Waals surface area contributed by atoms with E-state index in [1.54, 1.807) is 0 Å². The zero-order chi connectivity index (χ0) is 18.7. The summed E-state index contributed by atoms with van der Waals surface area (Å²) in [7, 11) is 2.24. The molecule has 0 aliphatic heterocycles. The molecule has 150 valence electrons. The molecule has 1 aromatic heterocycles. The molecule has 1 nitrogen and oxygen atoms in total. The fraction of sp³-hybridized carbons (Fsp3) is 0.429. The van der Waals surface area contributed by atoms with Crippen LogP contribution in [0.15, 0.2) is 52.4 Å². The van der Waals surface area contributed by atoms with Crippen molar-refractivity contribution in [3.63, 3.8) is 0 Å². The van der Waals surface area contributed by atoms with Crippen LogP contribution >= 0.6 is 24.8 Å². The van der Waals surface area contributed by atoms with Gasteiger partial charge in [-0.15, -0.1) is 24.8 Å². The molecule has 0 unspecified atom stereocenters. The first-order valence-electron chi connectivity index (χ1n) is 9.48. The number of aromatic nitrogens is 1. The molecular weight excluding hydrogens is 413 g/mol. The molecule has 0 atom stereocenters. The third-order valence-corrected chi connectivity index (χ3v) is 29.2. The maximum atomic E-state index is 3.89. The Morgan fingerprint density at radius 2 is 1.42 bits per heavy atom. The summed E-state index contributed by atoms with van der Waals surface area (Å²) < 4.78 is 2.82. The Labute approximate surface area is 158 Å². The van der Waals surface area contributed by atoms with Crippen molar-refractivity contribution >= 4 is 47.3 Å². The Kier molecular flexibility index (Phi) is 2.17. The number of aromatic amines is 1. The van der Waals surface area contributed by atoms with Crippen molar-refractivity contribution in [2.45, 2.75) is 48.2 Å². The van der Waals surface area contributed by atoms with Crippen molar-refractivity contribution in [1.82, 2.24) is 4.98 Å². The van der Waals surface area contributed by atoms with Crippen LogP contribution < -0.4 is 4.00 Å². The van der Waals surface area contributed by atoms with E-state index in [0.717, 1.165) is 6.42 Å². The second-order valence-corrected chi connectivity index (χ2v) is 120. The molecule has 2 aromatic rings. The van der Waals surface area contributed by atoms with E-state index < -0.39 is 6.35 Å². The van der Waals surface area contributed by atoms with Gasteiger partial charge in [-0.3, -0.25) is 0 Å². The van der Waals surface area contributed by atoms with Crippen LogP contribution in [0.1, 0.15) is 6.42 Å². The van der Waals surface area contributed by atoms with Gasteiger partial charge < -0.3 is 0 Å². The van der Waals surface area contributed by atoms with E-state index in [4.69, 9.17) is 0 Å². The summed E-state index contributed by atoms with van der Waals surface area (Å²) in [4.78, 5) is 3.89. The molecule has 0 saturated carbocycles. The van der Waals surface area contributed by atoms with Gasteiger partial charge in [-0.2, -0.15) is 0 Å². The summed E-state index contributed by atoms with van der Waals surface area (Å²) in [6.07, 6.45) is 1.77. The summed E-state index contributed by atoms with van der Waals surface area (Å²) in [6.45, 7) is 0. The van der Waals surface area contributed by atoms with Crippen LogP contribution in [0.3, 0.4) is 0 Å². The zero-order valence-corrected chi connectivity index (χ0v) is 22.5. The molecule has 0 fully saturated rings. The minimum atomic E-state index is -6.09. The van der Waals surface area contributed by atoms with Crippen molar-refractivity contribution in [2.24, 2.45) is 0 Å². The van der Waals surface area contributed by atoms with E-state index in [0.29, 0.717) is 0 Å². The first-order valence-corrected chi connectivity index (χ1v) is 27.5. The number of H-pyrrole nitrogens is 1. The third kappa shape index (κ3) is 2.84. The quantitative estimate of drug-likeness (QED) is 0.460. The van der Waals surface area contributed by atoms with E-state index in [1.165, 1.54) is 18.8 Å². The molecule has 0 bridgehead atoms. The van der Waals surface area contributed by atoms with Gasteiger partial charge in [0.2, 0.25) is 0 Å². The van der Waals surface area contributed by atoms with Crippen molar-refractivity contribution in [3.8, 4) is 0 Å². The average molecular weight is 452 g/mol. The molecule has 1 aliphatic rings.